The third-order valence-electron chi connectivity index (χ3n) is 5.62. The third kappa shape index (κ3) is 3.67. The van der Waals surface area contributed by atoms with Crippen molar-refractivity contribution in [3.05, 3.63) is 59.7 Å². The van der Waals surface area contributed by atoms with Gasteiger partial charge in [-0.15, -0.1) is 0 Å². The Morgan fingerprint density at radius 1 is 1.00 bits per heavy atom. The molecule has 2 aromatic carbocycles. The number of nitrogens with one attached hydrogen (secondary N) is 1. The lowest BCUT2D eigenvalue weighted by atomic mass is 9.84. The van der Waals surface area contributed by atoms with Crippen LogP contribution in [0.2, 0.25) is 0 Å². The summed E-state index contributed by atoms with van der Waals surface area (Å²) in [7, 11) is 0. The number of benzene rings is 2. The molecule has 1 aliphatic carbocycles. The molecule has 6 nitrogen and oxygen atoms in total. The minimum Gasteiger partial charge on any atom is -0.494 e. The van der Waals surface area contributed by atoms with Crippen molar-refractivity contribution < 1.29 is 19.1 Å². The molecule has 1 aliphatic heterocycles. The van der Waals surface area contributed by atoms with Gasteiger partial charge in [-0.25, -0.2) is 4.79 Å². The van der Waals surface area contributed by atoms with Crippen LogP contribution in [0.5, 0.6) is 11.5 Å². The quantitative estimate of drug-likeness (QED) is 0.760. The highest BCUT2D eigenvalue weighted by Crippen LogP contribution is 2.38. The minimum atomic E-state index is -0.941. The summed E-state index contributed by atoms with van der Waals surface area (Å²) in [6.07, 6.45) is 3.48. The van der Waals surface area contributed by atoms with Crippen molar-refractivity contribution >= 4 is 11.9 Å². The van der Waals surface area contributed by atoms with E-state index in [0.717, 1.165) is 36.1 Å². The van der Waals surface area contributed by atoms with E-state index in [9.17, 15) is 9.59 Å². The number of amides is 3. The van der Waals surface area contributed by atoms with Crippen molar-refractivity contribution in [3.63, 3.8) is 0 Å². The molecule has 1 N–H and O–H groups in total. The van der Waals surface area contributed by atoms with Crippen LogP contribution in [0.4, 0.5) is 4.79 Å². The van der Waals surface area contributed by atoms with Crippen LogP contribution < -0.4 is 14.8 Å². The molecule has 2 aromatic rings. The fraction of sp³-hybridized carbons (Fsp3) is 0.391. The van der Waals surface area contributed by atoms with Crippen LogP contribution in [0.15, 0.2) is 48.5 Å². The van der Waals surface area contributed by atoms with Crippen molar-refractivity contribution in [2.45, 2.75) is 38.1 Å². The maximum atomic E-state index is 13.3. The number of nitrogens with zero attached hydrogens (tertiary/aromatic N) is 1. The molecule has 1 fully saturated rings. The standard InChI is InChI=1S/C23H26N2O4/c1-2-28-18-10-12-19(13-11-18)29-16-15-25-21(26)23(24-22(25)27)14-6-5-8-17-7-3-4-9-20(17)23/h3-4,7,9-13H,2,5-6,8,14-16H2,1H3,(H,24,27)/t23-/m1/s1. The molecule has 0 radical (unpaired) electrons. The fourth-order valence-corrected chi connectivity index (χ4v) is 4.23. The summed E-state index contributed by atoms with van der Waals surface area (Å²) < 4.78 is 11.2. The number of fused-ring (bicyclic) bond motifs is 2. The number of urea groups is 1. The van der Waals surface area contributed by atoms with Crippen molar-refractivity contribution in [2.75, 3.05) is 19.8 Å². The summed E-state index contributed by atoms with van der Waals surface area (Å²) in [5.41, 5.74) is 1.14. The molecule has 29 heavy (non-hydrogen) atoms. The van der Waals surface area contributed by atoms with Gasteiger partial charge < -0.3 is 14.8 Å². The van der Waals surface area contributed by atoms with Crippen LogP contribution >= 0.6 is 0 Å². The van der Waals surface area contributed by atoms with Gasteiger partial charge in [0.1, 0.15) is 23.6 Å². The van der Waals surface area contributed by atoms with Crippen LogP contribution in [0.1, 0.15) is 37.3 Å². The Balaban J connectivity index is 1.45. The van der Waals surface area contributed by atoms with E-state index in [0.29, 0.717) is 18.8 Å². The molecular formula is C23H26N2O4. The molecule has 152 valence electrons. The average molecular weight is 394 g/mol. The van der Waals surface area contributed by atoms with Crippen LogP contribution in [-0.2, 0) is 16.8 Å². The zero-order valence-electron chi connectivity index (χ0n) is 16.6. The van der Waals surface area contributed by atoms with Gasteiger partial charge >= 0.3 is 6.03 Å². The predicted molar refractivity (Wildman–Crippen MR) is 109 cm³/mol. The molecule has 1 heterocycles. The molecule has 0 bridgehead atoms. The molecular weight excluding hydrogens is 368 g/mol. The number of rotatable bonds is 6. The molecule has 0 saturated carbocycles. The Morgan fingerprint density at radius 3 is 2.48 bits per heavy atom. The molecule has 6 heteroatoms. The molecule has 0 aromatic heterocycles. The Morgan fingerprint density at radius 2 is 1.72 bits per heavy atom. The maximum absolute atomic E-state index is 13.3. The minimum absolute atomic E-state index is 0.174. The van der Waals surface area contributed by atoms with Gasteiger partial charge in [-0.3, -0.25) is 9.69 Å². The van der Waals surface area contributed by atoms with E-state index < -0.39 is 5.54 Å². The van der Waals surface area contributed by atoms with Crippen molar-refractivity contribution in [2.24, 2.45) is 0 Å². The van der Waals surface area contributed by atoms with Gasteiger partial charge in [-0.2, -0.15) is 0 Å². The smallest absolute Gasteiger partial charge is 0.325 e. The van der Waals surface area contributed by atoms with Crippen molar-refractivity contribution in [3.8, 4) is 11.5 Å². The summed E-state index contributed by atoms with van der Waals surface area (Å²) in [5, 5.41) is 3.00. The molecule has 4 rings (SSSR count). The largest absolute Gasteiger partial charge is 0.494 e. The highest BCUT2D eigenvalue weighted by atomic mass is 16.5. The average Bonchev–Trinajstić information content (AvgIpc) is 2.87. The van der Waals surface area contributed by atoms with Crippen molar-refractivity contribution in [1.29, 1.82) is 0 Å². The number of hydrogen-bond donors (Lipinski definition) is 1. The monoisotopic (exact) mass is 394 g/mol. The molecule has 3 amide bonds. The van der Waals surface area contributed by atoms with E-state index in [1.54, 1.807) is 0 Å². The van der Waals surface area contributed by atoms with E-state index in [-0.39, 0.29) is 25.1 Å². The van der Waals surface area contributed by atoms with Gasteiger partial charge in [-0.1, -0.05) is 24.3 Å². The van der Waals surface area contributed by atoms with E-state index in [1.165, 1.54) is 4.90 Å². The van der Waals surface area contributed by atoms with Gasteiger partial charge in [0.25, 0.3) is 5.91 Å². The molecule has 1 spiro atoms. The highest BCUT2D eigenvalue weighted by Gasteiger charge is 2.53. The first kappa shape index (κ1) is 19.3. The number of imide groups is 1. The zero-order chi connectivity index (χ0) is 20.3. The first-order valence-corrected chi connectivity index (χ1v) is 10.2. The number of hydrogen-bond acceptors (Lipinski definition) is 4. The third-order valence-corrected chi connectivity index (χ3v) is 5.62. The summed E-state index contributed by atoms with van der Waals surface area (Å²) >= 11 is 0. The fourth-order valence-electron chi connectivity index (χ4n) is 4.23. The Labute approximate surface area is 170 Å². The van der Waals surface area contributed by atoms with Gasteiger partial charge in [0, 0.05) is 0 Å². The molecule has 0 unspecified atom stereocenters. The molecule has 1 saturated heterocycles. The summed E-state index contributed by atoms with van der Waals surface area (Å²) in [6, 6.07) is 14.9. The van der Waals surface area contributed by atoms with Gasteiger partial charge in [0.15, 0.2) is 0 Å². The Hall–Kier alpha value is -3.02. The first-order chi connectivity index (χ1) is 14.1. The lowest BCUT2D eigenvalue weighted by Gasteiger charge is -2.27. The van der Waals surface area contributed by atoms with Gasteiger partial charge in [0.05, 0.1) is 13.2 Å². The Bertz CT molecular complexity index is 896. The normalized spacial score (nSPS) is 20.9. The van der Waals surface area contributed by atoms with Crippen LogP contribution in [0.3, 0.4) is 0 Å². The first-order valence-electron chi connectivity index (χ1n) is 10.2. The van der Waals surface area contributed by atoms with E-state index >= 15 is 0 Å². The lowest BCUT2D eigenvalue weighted by molar-refractivity contribution is -0.132. The zero-order valence-corrected chi connectivity index (χ0v) is 16.6. The highest BCUT2D eigenvalue weighted by molar-refractivity contribution is 6.07. The van der Waals surface area contributed by atoms with Gasteiger partial charge in [0.2, 0.25) is 0 Å². The SMILES string of the molecule is CCOc1ccc(OCCN2C(=O)N[C@@]3(CCCCc4ccccc43)C2=O)cc1. The van der Waals surface area contributed by atoms with E-state index in [2.05, 4.69) is 11.4 Å². The maximum Gasteiger partial charge on any atom is 0.325 e. The molecule has 2 aliphatic rings. The summed E-state index contributed by atoms with van der Waals surface area (Å²) in [4.78, 5) is 27.3. The van der Waals surface area contributed by atoms with Crippen LogP contribution in [0, 0.1) is 0 Å². The van der Waals surface area contributed by atoms with E-state index in [4.69, 9.17) is 9.47 Å². The number of carbonyl (C=O) groups is 2. The second kappa shape index (κ2) is 8.15. The van der Waals surface area contributed by atoms with Gasteiger partial charge in [-0.05, 0) is 68.0 Å². The lowest BCUT2D eigenvalue weighted by Crippen LogP contribution is -2.44. The van der Waals surface area contributed by atoms with Crippen molar-refractivity contribution in [1.82, 2.24) is 10.2 Å². The summed E-state index contributed by atoms with van der Waals surface area (Å²) in [5.74, 6) is 1.28. The van der Waals surface area contributed by atoms with Crippen LogP contribution in [0.25, 0.3) is 0 Å². The topological polar surface area (TPSA) is 67.9 Å². The predicted octanol–water partition coefficient (Wildman–Crippen LogP) is 3.64. The number of carbonyl (C=O) groups excluding carboxylic acids is 2. The number of ether oxygens (including phenoxy) is 2. The Kier molecular flexibility index (Phi) is 5.43. The number of aryl methyl sites for hydroxylation is 1. The second-order valence-corrected chi connectivity index (χ2v) is 7.41. The molecule has 1 atom stereocenters. The van der Waals surface area contributed by atoms with Crippen LogP contribution in [-0.4, -0.2) is 36.6 Å². The second-order valence-electron chi connectivity index (χ2n) is 7.41. The summed E-state index contributed by atoms with van der Waals surface area (Å²) in [6.45, 7) is 2.99. The van der Waals surface area contributed by atoms with E-state index in [1.807, 2.05) is 49.4 Å².